The predicted octanol–water partition coefficient (Wildman–Crippen LogP) is 1.68. The van der Waals surface area contributed by atoms with Crippen LogP contribution in [0.5, 0.6) is 0 Å². The largest absolute Gasteiger partial charge is 0.383 e. The van der Waals surface area contributed by atoms with Crippen molar-refractivity contribution >= 4 is 27.4 Å². The first-order chi connectivity index (χ1) is 13.1. The Morgan fingerprint density at radius 2 is 2.15 bits per heavy atom. The Balaban J connectivity index is 1.70. The topological polar surface area (TPSA) is 60.7 Å². The van der Waals surface area contributed by atoms with Gasteiger partial charge in [-0.05, 0) is 37.7 Å². The third-order valence-corrected chi connectivity index (χ3v) is 6.76. The van der Waals surface area contributed by atoms with Gasteiger partial charge >= 0.3 is 0 Å². The third-order valence-electron chi connectivity index (χ3n) is 5.61. The number of nitrogens with zero attached hydrogens (tertiary/aromatic N) is 2. The van der Waals surface area contributed by atoms with E-state index < -0.39 is 0 Å². The second-order valence-electron chi connectivity index (χ2n) is 8.06. The number of methoxy groups -OCH3 is 1. The van der Waals surface area contributed by atoms with Crippen LogP contribution in [0.1, 0.15) is 36.5 Å². The van der Waals surface area contributed by atoms with Crippen molar-refractivity contribution < 1.29 is 14.4 Å². The highest BCUT2D eigenvalue weighted by Crippen LogP contribution is 2.40. The number of thiophene rings is 1. The van der Waals surface area contributed by atoms with Gasteiger partial charge in [0.15, 0.2) is 5.82 Å². The molecule has 0 unspecified atom stereocenters. The van der Waals surface area contributed by atoms with E-state index in [1.807, 2.05) is 11.3 Å². The molecule has 2 aliphatic rings. The lowest BCUT2D eigenvalue weighted by Gasteiger charge is -2.23. The van der Waals surface area contributed by atoms with Crippen LogP contribution in [0.3, 0.4) is 0 Å². The Hall–Kier alpha value is -1.28. The van der Waals surface area contributed by atoms with Crippen molar-refractivity contribution in [1.29, 1.82) is 0 Å². The van der Waals surface area contributed by atoms with Crippen molar-refractivity contribution in [3.8, 4) is 0 Å². The van der Waals surface area contributed by atoms with Gasteiger partial charge in [0.25, 0.3) is 0 Å². The molecule has 2 atom stereocenters. The van der Waals surface area contributed by atoms with Gasteiger partial charge in [0.05, 0.1) is 25.2 Å². The molecule has 0 spiro atoms. The molecule has 1 aliphatic carbocycles. The van der Waals surface area contributed by atoms with Gasteiger partial charge in [-0.15, -0.1) is 11.3 Å². The monoisotopic (exact) mass is 391 g/mol. The molecule has 1 fully saturated rings. The van der Waals surface area contributed by atoms with Crippen molar-refractivity contribution in [2.24, 2.45) is 5.92 Å². The van der Waals surface area contributed by atoms with Crippen molar-refractivity contribution in [1.82, 2.24) is 9.97 Å². The maximum absolute atomic E-state index is 5.49. The third kappa shape index (κ3) is 4.26. The predicted molar refractivity (Wildman–Crippen MR) is 109 cm³/mol. The fourth-order valence-corrected chi connectivity index (χ4v) is 5.56. The number of nitrogens with one attached hydrogen (secondary N) is 2. The van der Waals surface area contributed by atoms with Gasteiger partial charge in [-0.1, -0.05) is 6.92 Å². The van der Waals surface area contributed by atoms with Crippen molar-refractivity contribution in [2.45, 2.75) is 45.7 Å². The quantitative estimate of drug-likeness (QED) is 0.785. The molecular weight excluding hydrogens is 360 g/mol. The molecule has 1 saturated heterocycles. The molecule has 0 saturated carbocycles. The van der Waals surface area contributed by atoms with Crippen molar-refractivity contribution in [3.63, 3.8) is 0 Å². The van der Waals surface area contributed by atoms with Crippen LogP contribution in [0, 0.1) is 5.92 Å². The lowest BCUT2D eigenvalue weighted by Crippen LogP contribution is -3.12. The molecule has 0 radical (unpaired) electrons. The Labute approximate surface area is 165 Å². The summed E-state index contributed by atoms with van der Waals surface area (Å²) >= 11 is 1.88. The summed E-state index contributed by atoms with van der Waals surface area (Å²) in [5.74, 6) is 2.71. The maximum atomic E-state index is 5.49. The summed E-state index contributed by atoms with van der Waals surface area (Å²) in [6.45, 7) is 9.75. The molecule has 148 valence electrons. The van der Waals surface area contributed by atoms with Gasteiger partial charge in [0.1, 0.15) is 30.3 Å². The van der Waals surface area contributed by atoms with E-state index in [0.717, 1.165) is 61.7 Å². The molecule has 3 heterocycles. The van der Waals surface area contributed by atoms with Crippen LogP contribution in [0.25, 0.3) is 10.2 Å². The number of morpholine rings is 1. The van der Waals surface area contributed by atoms with Crippen molar-refractivity contribution in [3.05, 3.63) is 16.3 Å². The van der Waals surface area contributed by atoms with Gasteiger partial charge in [-0.3, -0.25) is 0 Å². The number of fused-ring (bicyclic) bond motifs is 3. The number of hydrogen-bond acceptors (Lipinski definition) is 6. The minimum absolute atomic E-state index is 0.217. The minimum atomic E-state index is 0.217. The van der Waals surface area contributed by atoms with Crippen molar-refractivity contribution in [2.75, 3.05) is 45.3 Å². The first-order valence-electron chi connectivity index (χ1n) is 10.1. The number of rotatable bonds is 6. The SMILES string of the molecule is COC[C@H](C)Nc1nc(C[NH+]2CCOCC2)nc2sc3c(c12)CC[C@H](C)C3. The summed E-state index contributed by atoms with van der Waals surface area (Å²) in [4.78, 5) is 14.1. The fraction of sp³-hybridized carbons (Fsp3) is 0.700. The second-order valence-corrected chi connectivity index (χ2v) is 9.14. The van der Waals surface area contributed by atoms with Crippen LogP contribution in [0.2, 0.25) is 0 Å². The van der Waals surface area contributed by atoms with Gasteiger partial charge in [-0.2, -0.15) is 0 Å². The molecule has 2 aromatic rings. The van der Waals surface area contributed by atoms with Gasteiger partial charge in [0, 0.05) is 18.0 Å². The number of aromatic nitrogens is 2. The zero-order valence-corrected chi connectivity index (χ0v) is 17.5. The van der Waals surface area contributed by atoms with E-state index in [1.54, 1.807) is 7.11 Å². The summed E-state index contributed by atoms with van der Waals surface area (Å²) in [6.07, 6.45) is 3.57. The Morgan fingerprint density at radius 3 is 2.93 bits per heavy atom. The second kappa shape index (κ2) is 8.39. The van der Waals surface area contributed by atoms with Crippen LogP contribution in [-0.2, 0) is 28.9 Å². The molecular formula is C20H31N4O2S+. The highest BCUT2D eigenvalue weighted by molar-refractivity contribution is 7.19. The maximum Gasteiger partial charge on any atom is 0.187 e. The Morgan fingerprint density at radius 1 is 1.33 bits per heavy atom. The average Bonchev–Trinajstić information content (AvgIpc) is 3.00. The highest BCUT2D eigenvalue weighted by atomic mass is 32.1. The van der Waals surface area contributed by atoms with Gasteiger partial charge in [0.2, 0.25) is 0 Å². The lowest BCUT2D eigenvalue weighted by atomic mass is 9.89. The Bertz CT molecular complexity index is 788. The summed E-state index contributed by atoms with van der Waals surface area (Å²) < 4.78 is 10.8. The van der Waals surface area contributed by atoms with E-state index in [9.17, 15) is 0 Å². The minimum Gasteiger partial charge on any atom is -0.383 e. The molecule has 0 amide bonds. The van der Waals surface area contributed by atoms with Crippen LogP contribution >= 0.6 is 11.3 Å². The number of aryl methyl sites for hydroxylation is 1. The normalized spacial score (nSPS) is 22.0. The van der Waals surface area contributed by atoms with E-state index >= 15 is 0 Å². The number of anilines is 1. The van der Waals surface area contributed by atoms with Crippen LogP contribution in [0.15, 0.2) is 0 Å². The first kappa shape index (κ1) is 19.1. The van der Waals surface area contributed by atoms with E-state index in [-0.39, 0.29) is 6.04 Å². The number of ether oxygens (including phenoxy) is 2. The molecule has 27 heavy (non-hydrogen) atoms. The van der Waals surface area contributed by atoms with Crippen LogP contribution in [-0.4, -0.2) is 56.0 Å². The van der Waals surface area contributed by atoms with E-state index in [1.165, 1.54) is 33.6 Å². The zero-order chi connectivity index (χ0) is 18.8. The van der Waals surface area contributed by atoms with Gasteiger partial charge in [-0.25, -0.2) is 9.97 Å². The summed E-state index contributed by atoms with van der Waals surface area (Å²) in [5.41, 5.74) is 1.48. The molecule has 2 N–H and O–H groups in total. The molecule has 2 aromatic heterocycles. The highest BCUT2D eigenvalue weighted by Gasteiger charge is 2.25. The smallest absolute Gasteiger partial charge is 0.187 e. The van der Waals surface area contributed by atoms with Gasteiger partial charge < -0.3 is 19.7 Å². The molecule has 1 aliphatic heterocycles. The van der Waals surface area contributed by atoms with E-state index in [2.05, 4.69) is 19.2 Å². The molecule has 4 rings (SSSR count). The fourth-order valence-electron chi connectivity index (χ4n) is 4.16. The zero-order valence-electron chi connectivity index (χ0n) is 16.6. The average molecular weight is 392 g/mol. The summed E-state index contributed by atoms with van der Waals surface area (Å²) in [7, 11) is 1.74. The molecule has 0 bridgehead atoms. The summed E-state index contributed by atoms with van der Waals surface area (Å²) in [5, 5.41) is 4.86. The van der Waals surface area contributed by atoms with Crippen LogP contribution in [0.4, 0.5) is 5.82 Å². The molecule has 7 heteroatoms. The lowest BCUT2D eigenvalue weighted by molar-refractivity contribution is -0.922. The first-order valence-corrected chi connectivity index (χ1v) is 10.9. The Kier molecular flexibility index (Phi) is 5.92. The molecule has 0 aromatic carbocycles. The number of hydrogen-bond donors (Lipinski definition) is 2. The van der Waals surface area contributed by atoms with E-state index in [4.69, 9.17) is 19.4 Å². The molecule has 6 nitrogen and oxygen atoms in total. The summed E-state index contributed by atoms with van der Waals surface area (Å²) in [6, 6.07) is 0.217. The standard InChI is InChI=1S/C20H30N4O2S/c1-13-4-5-15-16(10-13)27-20-18(15)19(21-14(2)12-25-3)22-17(23-20)11-24-6-8-26-9-7-24/h13-14H,4-12H2,1-3H3,(H,21,22,23)/p+1/t13-,14-/m0/s1. The number of quaternary nitrogens is 1. The van der Waals surface area contributed by atoms with E-state index in [0.29, 0.717) is 6.61 Å². The van der Waals surface area contributed by atoms with Crippen LogP contribution < -0.4 is 10.2 Å².